The Morgan fingerprint density at radius 1 is 0.960 bits per heavy atom. The van der Waals surface area contributed by atoms with E-state index in [4.69, 9.17) is 15.3 Å². The molecule has 0 spiro atoms. The molecule has 0 aliphatic carbocycles. The van der Waals surface area contributed by atoms with Gasteiger partial charge >= 0.3 is 17.9 Å². The van der Waals surface area contributed by atoms with Crippen LogP contribution in [-0.2, 0) is 19.1 Å². The van der Waals surface area contributed by atoms with Gasteiger partial charge in [0.25, 0.3) is 0 Å². The standard InChI is InChI=1S/C8H12O8.3C3H6/c9-1-2-16-6(12)4-8(15,7(13)14)3-5(10)11;3*1-3-2/h9,15H,1-4H2,(H,10,11)(H,13,14);3*3H,1H2,2H3. The summed E-state index contributed by atoms with van der Waals surface area (Å²) in [4.78, 5) is 31.8. The molecule has 0 aromatic carbocycles. The molecule has 25 heavy (non-hydrogen) atoms. The average Bonchev–Trinajstić information content (AvgIpc) is 2.46. The third-order valence-electron chi connectivity index (χ3n) is 1.63. The lowest BCUT2D eigenvalue weighted by molar-refractivity contribution is -0.172. The Bertz CT molecular complexity index is 389. The number of aliphatic hydroxyl groups excluding tert-OH is 1. The van der Waals surface area contributed by atoms with Gasteiger partial charge in [0.2, 0.25) is 0 Å². The number of carboxylic acid groups (broad SMARTS) is 2. The van der Waals surface area contributed by atoms with E-state index < -0.39 is 43.0 Å². The summed E-state index contributed by atoms with van der Waals surface area (Å²) in [6.07, 6.45) is 3.14. The first kappa shape index (κ1) is 30.4. The molecule has 8 heteroatoms. The maximum atomic E-state index is 11.0. The Labute approximate surface area is 148 Å². The molecule has 0 saturated heterocycles. The lowest BCUT2D eigenvalue weighted by atomic mass is 9.96. The number of allylic oxidation sites excluding steroid dienone is 3. The van der Waals surface area contributed by atoms with E-state index in [1.165, 1.54) is 0 Å². The quantitative estimate of drug-likeness (QED) is 0.397. The van der Waals surface area contributed by atoms with Gasteiger partial charge in [-0.15, -0.1) is 19.7 Å². The number of carbonyl (C=O) groups is 3. The first-order chi connectivity index (χ1) is 11.6. The summed E-state index contributed by atoms with van der Waals surface area (Å²) in [5.74, 6) is -4.48. The van der Waals surface area contributed by atoms with Crippen LogP contribution in [0.2, 0.25) is 0 Å². The van der Waals surface area contributed by atoms with E-state index in [9.17, 15) is 19.5 Å². The van der Waals surface area contributed by atoms with Gasteiger partial charge in [-0.3, -0.25) is 9.59 Å². The molecule has 0 aliphatic rings. The van der Waals surface area contributed by atoms with E-state index in [0.29, 0.717) is 0 Å². The fourth-order valence-electron chi connectivity index (χ4n) is 0.913. The first-order valence-electron chi connectivity index (χ1n) is 7.21. The largest absolute Gasteiger partial charge is 0.481 e. The zero-order valence-corrected chi connectivity index (χ0v) is 15.1. The zero-order valence-electron chi connectivity index (χ0n) is 15.1. The molecule has 0 amide bonds. The number of aliphatic carboxylic acids is 2. The van der Waals surface area contributed by atoms with Crippen molar-refractivity contribution in [2.75, 3.05) is 13.2 Å². The van der Waals surface area contributed by atoms with E-state index >= 15 is 0 Å². The molecule has 1 unspecified atom stereocenters. The summed E-state index contributed by atoms with van der Waals surface area (Å²) in [7, 11) is 0. The van der Waals surface area contributed by atoms with Crippen LogP contribution in [0.25, 0.3) is 0 Å². The SMILES string of the molecule is C=CC.C=CC.C=CC.O=C(O)CC(O)(CC(=O)OCCO)C(=O)O. The monoisotopic (exact) mass is 362 g/mol. The molecule has 1 atom stereocenters. The summed E-state index contributed by atoms with van der Waals surface area (Å²) in [5, 5.41) is 34.7. The molecule has 146 valence electrons. The number of carbonyl (C=O) groups excluding carboxylic acids is 1. The molecule has 0 bridgehead atoms. The molecule has 0 aliphatic heterocycles. The summed E-state index contributed by atoms with van der Waals surface area (Å²) >= 11 is 0. The topological polar surface area (TPSA) is 141 Å². The highest BCUT2D eigenvalue weighted by atomic mass is 16.5. The Morgan fingerprint density at radius 2 is 1.32 bits per heavy atom. The van der Waals surface area contributed by atoms with Crippen LogP contribution in [0.3, 0.4) is 0 Å². The van der Waals surface area contributed by atoms with E-state index in [1.807, 2.05) is 20.8 Å². The zero-order chi connectivity index (χ0) is 20.9. The van der Waals surface area contributed by atoms with Crippen molar-refractivity contribution in [3.63, 3.8) is 0 Å². The molecule has 0 radical (unpaired) electrons. The molecule has 0 heterocycles. The number of hydrogen-bond donors (Lipinski definition) is 4. The van der Waals surface area contributed by atoms with Gasteiger partial charge in [-0.25, -0.2) is 4.79 Å². The molecule has 0 aromatic rings. The van der Waals surface area contributed by atoms with E-state index in [1.54, 1.807) is 18.2 Å². The van der Waals surface area contributed by atoms with Gasteiger partial charge in [0.15, 0.2) is 5.60 Å². The second kappa shape index (κ2) is 21.6. The summed E-state index contributed by atoms with van der Waals surface area (Å²) in [6.45, 7) is 15.0. The van der Waals surface area contributed by atoms with Gasteiger partial charge in [-0.2, -0.15) is 0 Å². The van der Waals surface area contributed by atoms with Crippen LogP contribution in [0.5, 0.6) is 0 Å². The van der Waals surface area contributed by atoms with Crippen LogP contribution in [0, 0.1) is 0 Å². The van der Waals surface area contributed by atoms with Gasteiger partial charge < -0.3 is 25.2 Å². The second-order valence-corrected chi connectivity index (χ2v) is 4.25. The van der Waals surface area contributed by atoms with Gasteiger partial charge in [0.05, 0.1) is 19.4 Å². The normalized spacial score (nSPS) is 10.4. The average molecular weight is 362 g/mol. The fraction of sp³-hybridized carbons (Fsp3) is 0.471. The summed E-state index contributed by atoms with van der Waals surface area (Å²) < 4.78 is 4.31. The Balaban J connectivity index is -0.000000204. The minimum Gasteiger partial charge on any atom is -0.481 e. The molecule has 0 saturated carbocycles. The molecule has 4 N–H and O–H groups in total. The maximum absolute atomic E-state index is 11.0. The molecule has 0 fully saturated rings. The second-order valence-electron chi connectivity index (χ2n) is 4.25. The smallest absolute Gasteiger partial charge is 0.336 e. The first-order valence-corrected chi connectivity index (χ1v) is 7.21. The maximum Gasteiger partial charge on any atom is 0.336 e. The van der Waals surface area contributed by atoms with Crippen LogP contribution in [0.15, 0.2) is 38.0 Å². The van der Waals surface area contributed by atoms with E-state index in [2.05, 4.69) is 24.5 Å². The molecular formula is C17H30O8. The van der Waals surface area contributed by atoms with Crippen LogP contribution in [0.1, 0.15) is 33.6 Å². The molecular weight excluding hydrogens is 332 g/mol. The minimum absolute atomic E-state index is 0.346. The number of ether oxygens (including phenoxy) is 1. The van der Waals surface area contributed by atoms with Gasteiger partial charge in [-0.1, -0.05) is 18.2 Å². The number of aliphatic hydroxyl groups is 2. The molecule has 8 nitrogen and oxygen atoms in total. The van der Waals surface area contributed by atoms with Crippen LogP contribution in [0.4, 0.5) is 0 Å². The van der Waals surface area contributed by atoms with Crippen molar-refractivity contribution in [3.05, 3.63) is 38.0 Å². The van der Waals surface area contributed by atoms with Crippen molar-refractivity contribution < 1.29 is 39.5 Å². The number of rotatable bonds is 7. The predicted octanol–water partition coefficient (Wildman–Crippen LogP) is 1.78. The lowest BCUT2D eigenvalue weighted by Crippen LogP contribution is -2.43. The van der Waals surface area contributed by atoms with Crippen LogP contribution in [-0.4, -0.2) is 57.1 Å². The van der Waals surface area contributed by atoms with E-state index in [0.717, 1.165) is 0 Å². The Kier molecular flexibility index (Phi) is 26.2. The molecule has 0 aromatic heterocycles. The van der Waals surface area contributed by atoms with Crippen LogP contribution >= 0.6 is 0 Å². The highest BCUT2D eigenvalue weighted by molar-refractivity contribution is 5.88. The van der Waals surface area contributed by atoms with Crippen molar-refractivity contribution in [2.24, 2.45) is 0 Å². The lowest BCUT2D eigenvalue weighted by Gasteiger charge is -2.19. The third-order valence-corrected chi connectivity index (χ3v) is 1.63. The van der Waals surface area contributed by atoms with Crippen LogP contribution < -0.4 is 0 Å². The highest BCUT2D eigenvalue weighted by Gasteiger charge is 2.41. The molecule has 0 rings (SSSR count). The van der Waals surface area contributed by atoms with Gasteiger partial charge in [0, 0.05) is 0 Å². The minimum atomic E-state index is -2.70. The third kappa shape index (κ3) is 26.7. The summed E-state index contributed by atoms with van der Waals surface area (Å²) in [6, 6.07) is 0. The van der Waals surface area contributed by atoms with Gasteiger partial charge in [-0.05, 0) is 20.8 Å². The number of carboxylic acids is 2. The van der Waals surface area contributed by atoms with Crippen molar-refractivity contribution in [3.8, 4) is 0 Å². The van der Waals surface area contributed by atoms with Gasteiger partial charge in [0.1, 0.15) is 6.61 Å². The Morgan fingerprint density at radius 3 is 1.56 bits per heavy atom. The van der Waals surface area contributed by atoms with Crippen molar-refractivity contribution in [1.82, 2.24) is 0 Å². The predicted molar refractivity (Wildman–Crippen MR) is 95.1 cm³/mol. The van der Waals surface area contributed by atoms with Crippen molar-refractivity contribution in [2.45, 2.75) is 39.2 Å². The van der Waals surface area contributed by atoms with Crippen molar-refractivity contribution >= 4 is 17.9 Å². The highest BCUT2D eigenvalue weighted by Crippen LogP contribution is 2.16. The number of esters is 1. The fourth-order valence-corrected chi connectivity index (χ4v) is 0.913. The van der Waals surface area contributed by atoms with Crippen molar-refractivity contribution in [1.29, 1.82) is 0 Å². The Hall–Kier alpha value is -2.45. The number of hydrogen-bond acceptors (Lipinski definition) is 6. The van der Waals surface area contributed by atoms with E-state index in [-0.39, 0.29) is 6.61 Å². The summed E-state index contributed by atoms with van der Waals surface area (Å²) in [5.41, 5.74) is -2.70.